The summed E-state index contributed by atoms with van der Waals surface area (Å²) in [4.78, 5) is 14.9. The smallest absolute Gasteiger partial charge is 0.435 e. The fourth-order valence-corrected chi connectivity index (χ4v) is 1.34. The molecule has 2 rings (SSSR count). The van der Waals surface area contributed by atoms with Crippen LogP contribution in [0.5, 0.6) is 0 Å². The summed E-state index contributed by atoms with van der Waals surface area (Å²) >= 11 is 0. The topological polar surface area (TPSA) is 50.2 Å². The molecule has 0 radical (unpaired) electrons. The average molecular weight is 179 g/mol. The van der Waals surface area contributed by atoms with E-state index in [1.54, 1.807) is 6.20 Å². The monoisotopic (exact) mass is 179 g/mol. The molecular weight excluding hydrogens is 168 g/mol. The van der Waals surface area contributed by atoms with Crippen molar-refractivity contribution >= 4 is 6.09 Å². The van der Waals surface area contributed by atoms with Gasteiger partial charge in [-0.3, -0.25) is 4.98 Å². The highest BCUT2D eigenvalue weighted by molar-refractivity contribution is 5.58. The number of pyridine rings is 1. The van der Waals surface area contributed by atoms with Crippen molar-refractivity contribution in [2.45, 2.75) is 6.54 Å². The highest BCUT2D eigenvalue weighted by Gasteiger charge is 2.50. The summed E-state index contributed by atoms with van der Waals surface area (Å²) in [5, 5.41) is 8.91. The highest BCUT2D eigenvalue weighted by Crippen LogP contribution is 2.24. The molecule has 68 valence electrons. The molecule has 0 aromatic carbocycles. The van der Waals surface area contributed by atoms with Crippen LogP contribution in [0, 0.1) is 0 Å². The molecule has 1 aliphatic rings. The molecule has 13 heavy (non-hydrogen) atoms. The molecule has 0 saturated carbocycles. The summed E-state index contributed by atoms with van der Waals surface area (Å²) in [6, 6.07) is 5.57. The number of hydrogen-bond acceptors (Lipinski definition) is 2. The van der Waals surface area contributed by atoms with Crippen LogP contribution in [0.1, 0.15) is 5.69 Å². The minimum atomic E-state index is -0.745. The van der Waals surface area contributed by atoms with Crippen LogP contribution in [0.2, 0.25) is 0 Å². The SMILES string of the molecule is O=C(O)[N+]1(Cc2ccccn2)CC1. The lowest BCUT2D eigenvalue weighted by molar-refractivity contribution is -0.736. The van der Waals surface area contributed by atoms with Crippen molar-refractivity contribution in [2.24, 2.45) is 0 Å². The third kappa shape index (κ3) is 1.53. The lowest BCUT2D eigenvalue weighted by atomic mass is 10.3. The molecule has 1 amide bonds. The van der Waals surface area contributed by atoms with E-state index in [2.05, 4.69) is 4.98 Å². The Bertz CT molecular complexity index is 320. The predicted molar refractivity (Wildman–Crippen MR) is 46.0 cm³/mol. The molecule has 0 unspecified atom stereocenters. The second-order valence-corrected chi connectivity index (χ2v) is 3.35. The molecular formula is C9H11N2O2+. The Morgan fingerprint density at radius 3 is 2.77 bits per heavy atom. The maximum absolute atomic E-state index is 10.8. The van der Waals surface area contributed by atoms with Gasteiger partial charge < -0.3 is 5.11 Å². The Morgan fingerprint density at radius 1 is 1.54 bits per heavy atom. The second-order valence-electron chi connectivity index (χ2n) is 3.35. The van der Waals surface area contributed by atoms with E-state index in [-0.39, 0.29) is 4.48 Å². The number of carboxylic acid groups (broad SMARTS) is 1. The summed E-state index contributed by atoms with van der Waals surface area (Å²) in [5.41, 5.74) is 0.849. The van der Waals surface area contributed by atoms with Crippen molar-refractivity contribution in [1.29, 1.82) is 0 Å². The largest absolute Gasteiger partial charge is 0.514 e. The molecule has 1 N–H and O–H groups in total. The zero-order valence-corrected chi connectivity index (χ0v) is 7.18. The molecule has 0 aliphatic carbocycles. The first kappa shape index (κ1) is 8.19. The first-order chi connectivity index (χ1) is 6.23. The molecule has 0 bridgehead atoms. The number of rotatable bonds is 2. The van der Waals surface area contributed by atoms with Gasteiger partial charge in [-0.2, -0.15) is 4.79 Å². The molecule has 1 aromatic rings. The van der Waals surface area contributed by atoms with Gasteiger partial charge in [-0.15, -0.1) is 0 Å². The van der Waals surface area contributed by atoms with Gasteiger partial charge in [0.25, 0.3) is 0 Å². The first-order valence-electron chi connectivity index (χ1n) is 4.22. The van der Waals surface area contributed by atoms with Crippen LogP contribution < -0.4 is 0 Å². The van der Waals surface area contributed by atoms with Gasteiger partial charge in [0, 0.05) is 6.20 Å². The van der Waals surface area contributed by atoms with Crippen LogP contribution in [-0.4, -0.2) is 33.8 Å². The maximum Gasteiger partial charge on any atom is 0.514 e. The number of aromatic nitrogens is 1. The average Bonchev–Trinajstić information content (AvgIpc) is 2.87. The van der Waals surface area contributed by atoms with Crippen molar-refractivity contribution < 1.29 is 14.4 Å². The van der Waals surface area contributed by atoms with E-state index in [9.17, 15) is 4.79 Å². The Labute approximate surface area is 76.0 Å². The lowest BCUT2D eigenvalue weighted by Crippen LogP contribution is -2.31. The lowest BCUT2D eigenvalue weighted by Gasteiger charge is -2.09. The van der Waals surface area contributed by atoms with Crippen molar-refractivity contribution in [3.63, 3.8) is 0 Å². The fourth-order valence-electron chi connectivity index (χ4n) is 1.34. The molecule has 1 saturated heterocycles. The summed E-state index contributed by atoms with van der Waals surface area (Å²) in [6.07, 6.45) is 0.947. The van der Waals surface area contributed by atoms with Crippen LogP contribution >= 0.6 is 0 Å². The van der Waals surface area contributed by atoms with Crippen molar-refractivity contribution in [3.05, 3.63) is 30.1 Å². The number of quaternary nitrogens is 1. The van der Waals surface area contributed by atoms with E-state index < -0.39 is 6.09 Å². The van der Waals surface area contributed by atoms with Crippen LogP contribution in [0.3, 0.4) is 0 Å². The molecule has 0 atom stereocenters. The van der Waals surface area contributed by atoms with E-state index in [0.29, 0.717) is 6.54 Å². The molecule has 4 heteroatoms. The molecule has 0 spiro atoms. The zero-order valence-electron chi connectivity index (χ0n) is 7.18. The fraction of sp³-hybridized carbons (Fsp3) is 0.333. The first-order valence-corrected chi connectivity index (χ1v) is 4.22. The van der Waals surface area contributed by atoms with E-state index in [1.165, 1.54) is 0 Å². The number of nitrogens with zero attached hydrogens (tertiary/aromatic N) is 2. The number of hydrogen-bond donors (Lipinski definition) is 1. The maximum atomic E-state index is 10.8. The molecule has 1 aliphatic heterocycles. The predicted octanol–water partition coefficient (Wildman–Crippen LogP) is 1.09. The Balaban J connectivity index is 2.11. The minimum Gasteiger partial charge on any atom is -0.435 e. The Hall–Kier alpha value is -1.42. The van der Waals surface area contributed by atoms with Crippen LogP contribution in [0.15, 0.2) is 24.4 Å². The van der Waals surface area contributed by atoms with E-state index in [0.717, 1.165) is 18.8 Å². The van der Waals surface area contributed by atoms with Gasteiger partial charge in [-0.05, 0) is 12.1 Å². The summed E-state index contributed by atoms with van der Waals surface area (Å²) < 4.78 is 0.150. The van der Waals surface area contributed by atoms with Crippen LogP contribution in [-0.2, 0) is 6.54 Å². The van der Waals surface area contributed by atoms with Gasteiger partial charge in [0.1, 0.15) is 19.6 Å². The van der Waals surface area contributed by atoms with Crippen molar-refractivity contribution in [1.82, 2.24) is 4.98 Å². The summed E-state index contributed by atoms with van der Waals surface area (Å²) in [6.45, 7) is 1.97. The third-order valence-corrected chi connectivity index (χ3v) is 2.36. The third-order valence-electron chi connectivity index (χ3n) is 2.36. The van der Waals surface area contributed by atoms with Crippen LogP contribution in [0.25, 0.3) is 0 Å². The molecule has 4 nitrogen and oxygen atoms in total. The van der Waals surface area contributed by atoms with Gasteiger partial charge in [-0.25, -0.2) is 4.48 Å². The standard InChI is InChI=1S/C9H10N2O2/c12-9(13)11(5-6-11)7-8-3-1-2-4-10-8/h1-4H,5-7H2/p+1. The van der Waals surface area contributed by atoms with Crippen LogP contribution in [0.4, 0.5) is 4.79 Å². The van der Waals surface area contributed by atoms with Crippen molar-refractivity contribution in [3.8, 4) is 0 Å². The highest BCUT2D eigenvalue weighted by atomic mass is 16.4. The normalized spacial score (nSPS) is 18.2. The van der Waals surface area contributed by atoms with Gasteiger partial charge >= 0.3 is 6.09 Å². The molecule has 2 heterocycles. The van der Waals surface area contributed by atoms with Gasteiger partial charge in [0.2, 0.25) is 0 Å². The zero-order chi connectivity index (χ0) is 9.31. The summed E-state index contributed by atoms with van der Waals surface area (Å²) in [7, 11) is 0. The molecule has 1 aromatic heterocycles. The Morgan fingerprint density at radius 2 is 2.31 bits per heavy atom. The number of amides is 1. The quantitative estimate of drug-likeness (QED) is 0.546. The van der Waals surface area contributed by atoms with Gasteiger partial charge in [-0.1, -0.05) is 6.07 Å². The van der Waals surface area contributed by atoms with Gasteiger partial charge in [0.15, 0.2) is 0 Å². The number of carbonyl (C=O) groups is 1. The van der Waals surface area contributed by atoms with E-state index in [4.69, 9.17) is 5.11 Å². The van der Waals surface area contributed by atoms with E-state index in [1.807, 2.05) is 18.2 Å². The van der Waals surface area contributed by atoms with E-state index >= 15 is 0 Å². The minimum absolute atomic E-state index is 0.150. The van der Waals surface area contributed by atoms with Gasteiger partial charge in [0.05, 0.1) is 5.69 Å². The Kier molecular flexibility index (Phi) is 1.77. The van der Waals surface area contributed by atoms with Crippen molar-refractivity contribution in [2.75, 3.05) is 13.1 Å². The second kappa shape index (κ2) is 2.81. The molecule has 1 fully saturated rings. The summed E-state index contributed by atoms with van der Waals surface area (Å²) in [5.74, 6) is 0.